The molecule has 3 heterocycles. The Morgan fingerprint density at radius 1 is 1.00 bits per heavy atom. The number of nitrogens with two attached hydrogens (primary N) is 1. The van der Waals surface area contributed by atoms with Gasteiger partial charge in [0.15, 0.2) is 11.4 Å². The predicted molar refractivity (Wildman–Crippen MR) is 180 cm³/mol. The highest BCUT2D eigenvalue weighted by Crippen LogP contribution is 2.27. The molecule has 17 nitrogen and oxygen atoms in total. The van der Waals surface area contributed by atoms with Crippen molar-refractivity contribution in [3.63, 3.8) is 0 Å². The van der Waals surface area contributed by atoms with Gasteiger partial charge in [-0.3, -0.25) is 14.3 Å². The van der Waals surface area contributed by atoms with Gasteiger partial charge >= 0.3 is 12.2 Å². The number of rotatable bonds is 20. The normalized spacial score (nSPS) is 12.7. The number of carbonyl (C=O) groups is 4. The van der Waals surface area contributed by atoms with Crippen molar-refractivity contribution in [3.05, 3.63) is 42.2 Å². The zero-order valence-electron chi connectivity index (χ0n) is 28.7. The first kappa shape index (κ1) is 37.8. The summed E-state index contributed by atoms with van der Waals surface area (Å²) in [7, 11) is 0. The molecule has 4 rings (SSSR count). The molecule has 1 saturated carbocycles. The van der Waals surface area contributed by atoms with Gasteiger partial charge in [0, 0.05) is 50.3 Å². The van der Waals surface area contributed by atoms with Crippen molar-refractivity contribution in [1.82, 2.24) is 30.4 Å². The standard InChI is InChI=1S/C33H46N8O9/c1-33(2,3)50-32(45)36-12-15-47-17-16-46-14-7-5-4-6-13-41-20-24(27(40-41)28(34)42)38-29(43)25-21-48-30(39-25)23-10-11-35-26(18-23)49-31(44)37-19-22-8-9-22/h10-11,18,20-22H,4-9,12-17,19H2,1-3H3,(H2,34,42)(H,36,45)(H,37,44)(H,38,43). The van der Waals surface area contributed by atoms with Crippen molar-refractivity contribution in [2.24, 2.45) is 11.7 Å². The number of primary amides is 1. The van der Waals surface area contributed by atoms with Gasteiger partial charge in [0.1, 0.15) is 11.9 Å². The molecule has 0 radical (unpaired) electrons. The van der Waals surface area contributed by atoms with Crippen LogP contribution in [0.3, 0.4) is 0 Å². The predicted octanol–water partition coefficient (Wildman–Crippen LogP) is 3.90. The van der Waals surface area contributed by atoms with Crippen LogP contribution in [0.5, 0.6) is 5.88 Å². The third kappa shape index (κ3) is 13.5. The van der Waals surface area contributed by atoms with Crippen molar-refractivity contribution < 1.29 is 42.5 Å². The van der Waals surface area contributed by atoms with E-state index in [0.717, 1.165) is 38.5 Å². The Bertz CT molecular complexity index is 1580. The minimum Gasteiger partial charge on any atom is -0.444 e. The summed E-state index contributed by atoms with van der Waals surface area (Å²) in [4.78, 5) is 56.9. The van der Waals surface area contributed by atoms with E-state index in [0.29, 0.717) is 57.5 Å². The Labute approximate surface area is 289 Å². The number of carbonyl (C=O) groups excluding carboxylic acids is 4. The second-order valence-corrected chi connectivity index (χ2v) is 12.7. The van der Waals surface area contributed by atoms with Crippen LogP contribution < -0.4 is 26.4 Å². The maximum absolute atomic E-state index is 13.0. The number of hydrogen-bond acceptors (Lipinski definition) is 12. The van der Waals surface area contributed by atoms with Crippen LogP contribution >= 0.6 is 0 Å². The second-order valence-electron chi connectivity index (χ2n) is 12.7. The van der Waals surface area contributed by atoms with E-state index in [2.05, 4.69) is 31.0 Å². The number of nitrogens with one attached hydrogen (secondary N) is 3. The molecular formula is C33H46N8O9. The average molecular weight is 699 g/mol. The van der Waals surface area contributed by atoms with E-state index in [4.69, 9.17) is 29.1 Å². The summed E-state index contributed by atoms with van der Waals surface area (Å²) in [6.07, 6.45) is 8.75. The fourth-order valence-electron chi connectivity index (χ4n) is 4.48. The van der Waals surface area contributed by atoms with E-state index in [1.807, 2.05) is 0 Å². The number of pyridine rings is 1. The molecule has 0 aliphatic heterocycles. The van der Waals surface area contributed by atoms with E-state index in [-0.39, 0.29) is 28.8 Å². The largest absolute Gasteiger partial charge is 0.444 e. The molecule has 1 aliphatic rings. The van der Waals surface area contributed by atoms with E-state index in [1.165, 1.54) is 18.5 Å². The second kappa shape index (κ2) is 18.7. The molecule has 0 bridgehead atoms. The summed E-state index contributed by atoms with van der Waals surface area (Å²) in [5, 5.41) is 12.2. The molecule has 272 valence electrons. The van der Waals surface area contributed by atoms with E-state index < -0.39 is 29.6 Å². The minimum atomic E-state index is -0.786. The fraction of sp³-hybridized carbons (Fsp3) is 0.545. The van der Waals surface area contributed by atoms with Crippen LogP contribution in [0.4, 0.5) is 15.3 Å². The first-order valence-corrected chi connectivity index (χ1v) is 16.7. The lowest BCUT2D eigenvalue weighted by atomic mass is 10.2. The minimum absolute atomic E-state index is 0.0476. The van der Waals surface area contributed by atoms with Gasteiger partial charge in [0.2, 0.25) is 11.8 Å². The quantitative estimate of drug-likeness (QED) is 0.123. The van der Waals surface area contributed by atoms with Gasteiger partial charge in [0.05, 0.1) is 25.5 Å². The number of unbranched alkanes of at least 4 members (excludes halogenated alkanes) is 3. The molecular weight excluding hydrogens is 652 g/mol. The number of hydrogen-bond donors (Lipinski definition) is 4. The van der Waals surface area contributed by atoms with Gasteiger partial charge in [-0.2, -0.15) is 5.10 Å². The van der Waals surface area contributed by atoms with E-state index in [9.17, 15) is 19.2 Å². The van der Waals surface area contributed by atoms with Crippen LogP contribution in [-0.2, 0) is 20.8 Å². The molecule has 0 atom stereocenters. The molecule has 0 spiro atoms. The molecule has 3 aromatic heterocycles. The summed E-state index contributed by atoms with van der Waals surface area (Å²) in [5.41, 5.74) is 5.45. The molecule has 0 aromatic carbocycles. The van der Waals surface area contributed by atoms with Crippen LogP contribution in [0.25, 0.3) is 11.5 Å². The lowest BCUT2D eigenvalue weighted by molar-refractivity contribution is 0.0390. The maximum atomic E-state index is 13.0. The molecule has 5 N–H and O–H groups in total. The molecule has 50 heavy (non-hydrogen) atoms. The maximum Gasteiger partial charge on any atom is 0.413 e. The lowest BCUT2D eigenvalue weighted by Crippen LogP contribution is -2.34. The van der Waals surface area contributed by atoms with Crippen LogP contribution in [0.15, 0.2) is 35.2 Å². The third-order valence-electron chi connectivity index (χ3n) is 7.10. The summed E-state index contributed by atoms with van der Waals surface area (Å²) in [6.45, 7) is 8.69. The number of alkyl carbamates (subject to hydrolysis) is 1. The number of oxazole rings is 1. The Balaban J connectivity index is 1.12. The van der Waals surface area contributed by atoms with Crippen molar-refractivity contribution in [2.75, 3.05) is 44.8 Å². The average Bonchev–Trinajstić information content (AvgIpc) is 3.59. The van der Waals surface area contributed by atoms with Gasteiger partial charge in [-0.05, 0) is 58.4 Å². The molecule has 3 aromatic rings. The Morgan fingerprint density at radius 3 is 2.50 bits per heavy atom. The smallest absolute Gasteiger partial charge is 0.413 e. The van der Waals surface area contributed by atoms with Crippen LogP contribution in [-0.4, -0.2) is 88.9 Å². The first-order chi connectivity index (χ1) is 24.0. The lowest BCUT2D eigenvalue weighted by Gasteiger charge is -2.19. The van der Waals surface area contributed by atoms with Crippen molar-refractivity contribution >= 4 is 29.7 Å². The SMILES string of the molecule is CC(C)(C)OC(=O)NCCOCCOCCCCCCn1cc(NC(=O)c2coc(-c3ccnc(OC(=O)NCC4CC4)c3)n2)c(C(N)=O)n1. The molecule has 4 amide bonds. The number of nitrogens with zero attached hydrogens (tertiary/aromatic N) is 4. The zero-order valence-corrected chi connectivity index (χ0v) is 28.7. The molecule has 1 fully saturated rings. The van der Waals surface area contributed by atoms with Gasteiger partial charge in [-0.15, -0.1) is 0 Å². The highest BCUT2D eigenvalue weighted by Gasteiger charge is 2.23. The zero-order chi connectivity index (χ0) is 35.9. The monoisotopic (exact) mass is 698 g/mol. The van der Waals surface area contributed by atoms with Gasteiger partial charge in [-0.25, -0.2) is 19.6 Å². The molecule has 0 unspecified atom stereocenters. The third-order valence-corrected chi connectivity index (χ3v) is 7.10. The number of aromatic nitrogens is 4. The van der Waals surface area contributed by atoms with Gasteiger partial charge < -0.3 is 45.0 Å². The summed E-state index contributed by atoms with van der Waals surface area (Å²) >= 11 is 0. The number of amides is 4. The summed E-state index contributed by atoms with van der Waals surface area (Å²) < 4.78 is 28.5. The van der Waals surface area contributed by atoms with Gasteiger partial charge in [0.25, 0.3) is 11.8 Å². The van der Waals surface area contributed by atoms with E-state index >= 15 is 0 Å². The highest BCUT2D eigenvalue weighted by molar-refractivity contribution is 6.07. The number of anilines is 1. The molecule has 0 saturated heterocycles. The van der Waals surface area contributed by atoms with Crippen LogP contribution in [0.1, 0.15) is 80.3 Å². The van der Waals surface area contributed by atoms with Crippen molar-refractivity contribution in [2.45, 2.75) is 71.4 Å². The van der Waals surface area contributed by atoms with Crippen molar-refractivity contribution in [1.29, 1.82) is 0 Å². The number of aryl methyl sites for hydroxylation is 1. The summed E-state index contributed by atoms with van der Waals surface area (Å²) in [5.74, 6) is -0.755. The Kier molecular flexibility index (Phi) is 14.1. The fourth-order valence-corrected chi connectivity index (χ4v) is 4.48. The van der Waals surface area contributed by atoms with Crippen LogP contribution in [0, 0.1) is 5.92 Å². The van der Waals surface area contributed by atoms with Crippen molar-refractivity contribution in [3.8, 4) is 17.3 Å². The molecule has 17 heteroatoms. The highest BCUT2D eigenvalue weighted by atomic mass is 16.6. The Hall–Kier alpha value is -5.03. The number of ether oxygens (including phenoxy) is 4. The van der Waals surface area contributed by atoms with E-state index in [1.54, 1.807) is 37.7 Å². The van der Waals surface area contributed by atoms with Crippen LogP contribution in [0.2, 0.25) is 0 Å². The topological polar surface area (TPSA) is 224 Å². The first-order valence-electron chi connectivity index (χ1n) is 16.7. The summed E-state index contributed by atoms with van der Waals surface area (Å²) in [6, 6.07) is 3.07. The Morgan fingerprint density at radius 2 is 1.76 bits per heavy atom. The van der Waals surface area contributed by atoms with Gasteiger partial charge in [-0.1, -0.05) is 12.8 Å². The molecule has 1 aliphatic carbocycles.